The van der Waals surface area contributed by atoms with E-state index in [2.05, 4.69) is 68.5 Å². The number of nitrogens with two attached hydrogens (primary N) is 1. The summed E-state index contributed by atoms with van der Waals surface area (Å²) in [5.41, 5.74) is 3.95. The summed E-state index contributed by atoms with van der Waals surface area (Å²) in [6.45, 7) is 15.0. The highest BCUT2D eigenvalue weighted by Crippen LogP contribution is 2.27. The van der Waals surface area contributed by atoms with Gasteiger partial charge in [-0.05, 0) is 123 Å². The molecule has 14 atom stereocenters. The van der Waals surface area contributed by atoms with E-state index in [-0.39, 0.29) is 80.6 Å². The number of ether oxygens (including phenoxy) is 2. The highest BCUT2D eigenvalue weighted by atomic mass is 32.2. The number of H-pyrrole nitrogens is 1. The van der Waals surface area contributed by atoms with Crippen molar-refractivity contribution in [2.75, 3.05) is 45.0 Å². The van der Waals surface area contributed by atoms with Crippen LogP contribution in [0.15, 0.2) is 97.3 Å². The van der Waals surface area contributed by atoms with Crippen LogP contribution in [0.1, 0.15) is 117 Å². The van der Waals surface area contributed by atoms with E-state index in [0.29, 0.717) is 33.5 Å². The van der Waals surface area contributed by atoms with Gasteiger partial charge in [0.25, 0.3) is 0 Å². The predicted octanol–water partition coefficient (Wildman–Crippen LogP) is -0.0620. The van der Waals surface area contributed by atoms with Crippen LogP contribution in [-0.2, 0) is 103 Å². The molecule has 36 heteroatoms. The number of amides is 13. The molecule has 18 N–H and O–H groups in total. The van der Waals surface area contributed by atoms with Crippen molar-refractivity contribution in [2.45, 2.75) is 203 Å². The molecule has 13 amide bonds. The van der Waals surface area contributed by atoms with E-state index < -0.39 is 178 Å². The lowest BCUT2D eigenvalue weighted by Gasteiger charge is -2.36. The lowest BCUT2D eigenvalue weighted by Crippen LogP contribution is -2.67. The molecule has 115 heavy (non-hydrogen) atoms. The lowest BCUT2D eigenvalue weighted by molar-refractivity contribution is -0.143. The van der Waals surface area contributed by atoms with Crippen LogP contribution in [0.5, 0.6) is 11.5 Å². The molecular formula is C79H109N15O19S2. The number of nitrogens with one attached hydrogen (secondary N) is 12. The van der Waals surface area contributed by atoms with Gasteiger partial charge in [0.15, 0.2) is 0 Å². The number of primary amides is 1. The van der Waals surface area contributed by atoms with Crippen molar-refractivity contribution < 1.29 is 92.2 Å². The number of benzene rings is 3. The number of pyridine rings is 1. The Kier molecular flexibility index (Phi) is 33.3. The number of rotatable bonds is 16. The first-order chi connectivity index (χ1) is 54.2. The maximum atomic E-state index is 15.2. The fraction of sp³-hybridized carbons (Fsp3) is 0.519. The number of nitrogens with zero attached hydrogens (tertiary/aromatic N) is 2. The van der Waals surface area contributed by atoms with Crippen LogP contribution < -0.4 is 64.2 Å². The first-order valence-electron chi connectivity index (χ1n) is 37.8. The average molecular weight is 1640 g/mol. The zero-order valence-corrected chi connectivity index (χ0v) is 68.3. The fourth-order valence-corrected chi connectivity index (χ4v) is 14.8. The third kappa shape index (κ3) is 26.1. The van der Waals surface area contributed by atoms with E-state index in [1.165, 1.54) is 132 Å². The Morgan fingerprint density at radius 1 is 0.652 bits per heavy atom. The van der Waals surface area contributed by atoms with Gasteiger partial charge in [0.2, 0.25) is 76.8 Å². The number of carbonyl (C=O) groups excluding carboxylic acids is 13. The molecule has 2 aliphatic rings. The Morgan fingerprint density at radius 3 is 1.80 bits per heavy atom. The van der Waals surface area contributed by atoms with Gasteiger partial charge in [-0.1, -0.05) is 83.1 Å². The van der Waals surface area contributed by atoms with Crippen LogP contribution in [0.3, 0.4) is 0 Å². The van der Waals surface area contributed by atoms with Crippen LogP contribution in [-0.4, -0.2) is 241 Å². The third-order valence-electron chi connectivity index (χ3n) is 19.9. The maximum absolute atomic E-state index is 15.2. The van der Waals surface area contributed by atoms with E-state index in [9.17, 15) is 73.2 Å². The number of fused-ring (bicyclic) bond motifs is 4. The Hall–Kier alpha value is -10.4. The molecule has 0 radical (unpaired) electrons. The normalized spacial score (nSPS) is 25.9. The quantitative estimate of drug-likeness (QED) is 0.0575. The van der Waals surface area contributed by atoms with Crippen molar-refractivity contribution in [3.05, 3.63) is 125 Å². The summed E-state index contributed by atoms with van der Waals surface area (Å²) in [4.78, 5) is 197. The first kappa shape index (κ1) is 91.8. The molecule has 7 rings (SSSR count). The van der Waals surface area contributed by atoms with Crippen molar-refractivity contribution in [3.8, 4) is 11.5 Å². The van der Waals surface area contributed by atoms with Gasteiger partial charge in [0.1, 0.15) is 88.6 Å². The summed E-state index contributed by atoms with van der Waals surface area (Å²) in [5, 5.41) is 72.7. The summed E-state index contributed by atoms with van der Waals surface area (Å²) in [6, 6.07) is 7.04. The van der Waals surface area contributed by atoms with Crippen molar-refractivity contribution in [2.24, 2.45) is 17.1 Å². The molecule has 5 aromatic rings. The highest BCUT2D eigenvalue weighted by molar-refractivity contribution is 7.98. The second-order valence-electron chi connectivity index (χ2n) is 30.7. The Balaban J connectivity index is 1.26. The number of aromatic amines is 1. The zero-order valence-electron chi connectivity index (χ0n) is 66.6. The molecule has 2 aromatic heterocycles. The second kappa shape index (κ2) is 41.8. The number of phenols is 2. The first-order valence-corrected chi connectivity index (χ1v) is 40.1. The minimum absolute atomic E-state index is 0.00588. The summed E-state index contributed by atoms with van der Waals surface area (Å²) >= 11 is 2.51. The number of hydrogen-bond donors (Lipinski definition) is 17. The van der Waals surface area contributed by atoms with Crippen molar-refractivity contribution in [3.63, 3.8) is 0 Å². The van der Waals surface area contributed by atoms with Crippen LogP contribution in [0.2, 0.25) is 0 Å². The van der Waals surface area contributed by atoms with Crippen molar-refractivity contribution in [1.29, 1.82) is 0 Å². The molecule has 1 saturated heterocycles. The molecule has 4 heterocycles. The van der Waals surface area contributed by atoms with Crippen LogP contribution in [0, 0.1) is 11.3 Å². The average Bonchev–Trinajstić information content (AvgIpc) is 1.80. The van der Waals surface area contributed by atoms with E-state index in [0.717, 1.165) is 11.1 Å². The molecule has 1 unspecified atom stereocenters. The van der Waals surface area contributed by atoms with Gasteiger partial charge in [-0.25, -0.2) is 4.98 Å². The SMILES string of the molecule is COCCOCC1(C)NC(=O)[C@H](Cc2c[nH]c3ncccc23)NC(=O)[C@H]([C@@H](C)O)NC(=O)[C@@H]2CCCN2C(=O)[C@H](Cc2ccc(O)cc2)NC(=O)[C@H](C(C)(C)C)NC(=O)[C@@H](NC(C)=O)CSCc2cccc(c2)CSC[C@H](C(N)=O)NC(=O)[C@H]([C@@H](C)O)NC(=O)[C@](C)(C(C)C)NC(=O)[C@H](Cc2ccc(O)cc2)NC(=O)[C@H](C)NC1=O. The number of aliphatic hydroxyl groups is 2. The van der Waals surface area contributed by atoms with E-state index in [4.69, 9.17) is 15.2 Å². The molecule has 2 bridgehead atoms. The van der Waals surface area contributed by atoms with Gasteiger partial charge < -0.3 is 104 Å². The summed E-state index contributed by atoms with van der Waals surface area (Å²) in [7, 11) is 1.40. The van der Waals surface area contributed by atoms with E-state index in [1.54, 1.807) is 59.0 Å². The number of aliphatic hydroxyl groups excluding tert-OH is 2. The topological polar surface area (TPSA) is 512 Å². The van der Waals surface area contributed by atoms with E-state index >= 15 is 9.59 Å². The van der Waals surface area contributed by atoms with Gasteiger partial charge in [0.05, 0.1) is 32.0 Å². The van der Waals surface area contributed by atoms with Crippen LogP contribution in [0.25, 0.3) is 11.0 Å². The van der Waals surface area contributed by atoms with Gasteiger partial charge in [-0.3, -0.25) is 62.3 Å². The Bertz CT molecular complexity index is 4280. The molecule has 2 aliphatic heterocycles. The van der Waals surface area contributed by atoms with Gasteiger partial charge in [0, 0.05) is 80.6 Å². The largest absolute Gasteiger partial charge is 0.508 e. The Labute approximate surface area is 675 Å². The second-order valence-corrected chi connectivity index (χ2v) is 32.8. The third-order valence-corrected chi connectivity index (χ3v) is 22.1. The standard InChI is InChI=1S/C79H109N15O19S2/c1-42(2)79(11)76(111)90-62(45(5)96)72(107)88-58(64(80)100)39-114-37-49-16-13-17-50(32-49)38-115-40-59(84-46(6)97)67(102)91-63(77(7,8)9)73(108)87-57(34-48-22-26-53(99)27-23-48)74(109)94-29-15-19-60(94)70(105)89-61(44(4)95)71(106)86-56(35-51-36-82-65-54(51)18-14-28-81-65)68(103)92-78(10,41-113-31-30-112-12)75(110)83-43(3)66(101)85-55(69(104)93-79)33-47-20-24-52(98)25-21-47/h13-14,16-18,20-28,32,36,42-45,55-63,95-96,98-99H,15,19,29-31,33-35,37-41H2,1-12H3,(H2,80,100)(H,81,82)(H,83,110)(H,84,97)(H,85,101)(H,86,106)(H,87,108)(H,88,107)(H,89,105)(H,90,111)(H,91,102)(H,92,103)(H,93,104)/t43-,44+,45+,55-,56-,57-,58+,59-,60-,61-,62-,63+,78?,79-/m0/s1. The molecule has 34 nitrogen and oxygen atoms in total. The number of aromatic hydroxyl groups is 2. The number of aromatic nitrogens is 2. The molecule has 1 fully saturated rings. The molecule has 626 valence electrons. The molecule has 0 saturated carbocycles. The molecule has 0 aliphatic carbocycles. The van der Waals surface area contributed by atoms with E-state index in [1.807, 2.05) is 18.2 Å². The predicted molar refractivity (Wildman–Crippen MR) is 428 cm³/mol. The summed E-state index contributed by atoms with van der Waals surface area (Å²) in [6.07, 6.45) is -0.766. The van der Waals surface area contributed by atoms with Gasteiger partial charge in [-0.15, -0.1) is 0 Å². The van der Waals surface area contributed by atoms with Gasteiger partial charge in [-0.2, -0.15) is 23.5 Å². The number of hydrogen-bond acceptors (Lipinski definition) is 22. The van der Waals surface area contributed by atoms with Gasteiger partial charge >= 0.3 is 0 Å². The summed E-state index contributed by atoms with van der Waals surface area (Å²) in [5.74, 6) is -12.3. The number of methoxy groups -OCH3 is 1. The minimum atomic E-state index is -2.15. The van der Waals surface area contributed by atoms with Crippen molar-refractivity contribution in [1.82, 2.24) is 73.4 Å². The number of thioether (sulfide) groups is 2. The van der Waals surface area contributed by atoms with Crippen molar-refractivity contribution >= 4 is 111 Å². The Morgan fingerprint density at radius 2 is 1.22 bits per heavy atom. The van der Waals surface area contributed by atoms with Crippen LogP contribution in [0.4, 0.5) is 0 Å². The monoisotopic (exact) mass is 1640 g/mol. The maximum Gasteiger partial charge on any atom is 0.248 e. The minimum Gasteiger partial charge on any atom is -0.508 e. The molecule has 0 spiro atoms. The zero-order chi connectivity index (χ0) is 84.8. The smallest absolute Gasteiger partial charge is 0.248 e. The summed E-state index contributed by atoms with van der Waals surface area (Å²) < 4.78 is 11.1. The lowest BCUT2D eigenvalue weighted by atomic mass is 9.85. The fourth-order valence-electron chi connectivity index (χ4n) is 12.8. The number of carbonyl (C=O) groups is 13. The molecule has 3 aromatic carbocycles. The molecular weight excluding hydrogens is 1530 g/mol. The number of phenolic OH excluding ortho intramolecular Hbond substituents is 2. The highest BCUT2D eigenvalue weighted by Gasteiger charge is 2.46. The van der Waals surface area contributed by atoms with Crippen LogP contribution >= 0.6 is 23.5 Å².